The predicted octanol–water partition coefficient (Wildman–Crippen LogP) is 3.21. The quantitative estimate of drug-likeness (QED) is 0.750. The van der Waals surface area contributed by atoms with Crippen LogP contribution >= 0.6 is 23.2 Å². The average Bonchev–Trinajstić information content (AvgIpc) is 2.38. The zero-order valence-electron chi connectivity index (χ0n) is 7.60. The topological polar surface area (TPSA) is 38.7 Å². The first-order valence-electron chi connectivity index (χ1n) is 4.00. The molecule has 0 bridgehead atoms. The van der Waals surface area contributed by atoms with Crippen molar-refractivity contribution >= 4 is 23.2 Å². The molecule has 0 aliphatic carbocycles. The van der Waals surface area contributed by atoms with Gasteiger partial charge in [0.15, 0.2) is 11.5 Å². The number of halogens is 2. The molecular weight excluding hydrogens is 227 g/mol. The Kier molecular flexibility index (Phi) is 1.98. The summed E-state index contributed by atoms with van der Waals surface area (Å²) in [6, 6.07) is 1.42. The molecule has 0 saturated heterocycles. The molecule has 0 spiro atoms. The molecule has 0 fully saturated rings. The van der Waals surface area contributed by atoms with Gasteiger partial charge in [-0.05, 0) is 6.07 Å². The van der Waals surface area contributed by atoms with Gasteiger partial charge in [-0.25, -0.2) is 0 Å². The molecule has 0 atom stereocenters. The monoisotopic (exact) mass is 234 g/mol. The third kappa shape index (κ3) is 1.37. The minimum Gasteiger partial charge on any atom is -0.503 e. The highest BCUT2D eigenvalue weighted by Crippen LogP contribution is 2.52. The molecule has 1 heterocycles. The zero-order valence-corrected chi connectivity index (χ0v) is 9.11. The van der Waals surface area contributed by atoms with E-state index in [0.717, 1.165) is 0 Å². The third-order valence-corrected chi connectivity index (χ3v) is 2.38. The van der Waals surface area contributed by atoms with Crippen molar-refractivity contribution in [2.45, 2.75) is 19.6 Å². The number of aromatic hydroxyl groups is 1. The van der Waals surface area contributed by atoms with Crippen molar-refractivity contribution in [3.05, 3.63) is 16.1 Å². The van der Waals surface area contributed by atoms with Gasteiger partial charge in [0, 0.05) is 13.8 Å². The van der Waals surface area contributed by atoms with E-state index in [2.05, 4.69) is 0 Å². The lowest BCUT2D eigenvalue weighted by Crippen LogP contribution is -2.29. The second-order valence-corrected chi connectivity index (χ2v) is 4.27. The standard InChI is InChI=1S/C9H8Cl2O3/c1-9(2)13-7-5(11)3-4(10)6(12)8(7)14-9/h3,12H,1-2H3. The van der Waals surface area contributed by atoms with Crippen molar-refractivity contribution in [3.63, 3.8) is 0 Å². The van der Waals surface area contributed by atoms with Gasteiger partial charge in [0.2, 0.25) is 11.5 Å². The lowest BCUT2D eigenvalue weighted by atomic mass is 10.3. The maximum atomic E-state index is 9.58. The first-order chi connectivity index (χ1) is 6.41. The van der Waals surface area contributed by atoms with Gasteiger partial charge in [0.25, 0.3) is 0 Å². The molecule has 0 amide bonds. The summed E-state index contributed by atoms with van der Waals surface area (Å²) in [5, 5.41) is 10.1. The van der Waals surface area contributed by atoms with Crippen molar-refractivity contribution in [3.8, 4) is 17.2 Å². The number of phenolic OH excluding ortho intramolecular Hbond substituents is 1. The molecule has 1 aromatic rings. The molecular formula is C9H8Cl2O3. The SMILES string of the molecule is CC1(C)Oc2c(Cl)cc(Cl)c(O)c2O1. The first-order valence-corrected chi connectivity index (χ1v) is 4.75. The van der Waals surface area contributed by atoms with Gasteiger partial charge < -0.3 is 14.6 Å². The van der Waals surface area contributed by atoms with E-state index in [9.17, 15) is 5.11 Å². The number of ether oxygens (including phenoxy) is 2. The van der Waals surface area contributed by atoms with Crippen LogP contribution in [0, 0.1) is 0 Å². The van der Waals surface area contributed by atoms with Crippen molar-refractivity contribution in [2.24, 2.45) is 0 Å². The Morgan fingerprint density at radius 3 is 2.36 bits per heavy atom. The Morgan fingerprint density at radius 2 is 1.71 bits per heavy atom. The first kappa shape index (κ1) is 9.74. The molecule has 2 rings (SSSR count). The van der Waals surface area contributed by atoms with Crippen LogP contribution in [0.3, 0.4) is 0 Å². The van der Waals surface area contributed by atoms with Gasteiger partial charge in [-0.3, -0.25) is 0 Å². The molecule has 5 heteroatoms. The number of phenols is 1. The zero-order chi connectivity index (χ0) is 10.5. The van der Waals surface area contributed by atoms with E-state index in [0.29, 0.717) is 10.8 Å². The summed E-state index contributed by atoms with van der Waals surface area (Å²) in [5.74, 6) is -0.434. The second-order valence-electron chi connectivity index (χ2n) is 3.45. The molecule has 1 N–H and O–H groups in total. The van der Waals surface area contributed by atoms with Gasteiger partial charge in [0.05, 0.1) is 10.0 Å². The van der Waals surface area contributed by atoms with Crippen LogP contribution in [0.2, 0.25) is 10.0 Å². The van der Waals surface area contributed by atoms with Gasteiger partial charge in [-0.1, -0.05) is 23.2 Å². The Balaban J connectivity index is 2.61. The summed E-state index contributed by atoms with van der Waals surface area (Å²) in [7, 11) is 0. The normalized spacial score (nSPS) is 17.1. The third-order valence-electron chi connectivity index (χ3n) is 1.81. The molecule has 14 heavy (non-hydrogen) atoms. The summed E-state index contributed by atoms with van der Waals surface area (Å²) in [5.41, 5.74) is 0. The maximum Gasteiger partial charge on any atom is 0.246 e. The Morgan fingerprint density at radius 1 is 1.14 bits per heavy atom. The summed E-state index contributed by atoms with van der Waals surface area (Å²) in [6.45, 7) is 3.44. The Hall–Kier alpha value is -0.800. The van der Waals surface area contributed by atoms with E-state index >= 15 is 0 Å². The van der Waals surface area contributed by atoms with E-state index in [1.807, 2.05) is 0 Å². The highest BCUT2D eigenvalue weighted by atomic mass is 35.5. The van der Waals surface area contributed by atoms with Gasteiger partial charge in [-0.15, -0.1) is 0 Å². The van der Waals surface area contributed by atoms with Crippen LogP contribution in [0.5, 0.6) is 17.2 Å². The van der Waals surface area contributed by atoms with Crippen LogP contribution in [-0.4, -0.2) is 10.9 Å². The number of rotatable bonds is 0. The summed E-state index contributed by atoms with van der Waals surface area (Å²) in [4.78, 5) is 0. The summed E-state index contributed by atoms with van der Waals surface area (Å²) >= 11 is 11.6. The van der Waals surface area contributed by atoms with Crippen LogP contribution < -0.4 is 9.47 Å². The number of hydrogen-bond donors (Lipinski definition) is 1. The van der Waals surface area contributed by atoms with Crippen molar-refractivity contribution in [1.82, 2.24) is 0 Å². The molecule has 0 aromatic heterocycles. The van der Waals surface area contributed by atoms with E-state index in [-0.39, 0.29) is 16.5 Å². The van der Waals surface area contributed by atoms with Crippen LogP contribution in [0.1, 0.15) is 13.8 Å². The second kappa shape index (κ2) is 2.84. The van der Waals surface area contributed by atoms with Gasteiger partial charge >= 0.3 is 0 Å². The molecule has 1 aromatic carbocycles. The fourth-order valence-electron chi connectivity index (χ4n) is 1.27. The largest absolute Gasteiger partial charge is 0.503 e. The van der Waals surface area contributed by atoms with Crippen molar-refractivity contribution < 1.29 is 14.6 Å². The molecule has 76 valence electrons. The molecule has 1 aliphatic heterocycles. The van der Waals surface area contributed by atoms with Crippen molar-refractivity contribution in [2.75, 3.05) is 0 Å². The molecule has 0 saturated carbocycles. The highest BCUT2D eigenvalue weighted by Gasteiger charge is 2.36. The number of benzene rings is 1. The Labute approximate surface area is 91.1 Å². The number of hydrogen-bond acceptors (Lipinski definition) is 3. The average molecular weight is 235 g/mol. The minimum atomic E-state index is -0.825. The lowest BCUT2D eigenvalue weighted by molar-refractivity contribution is -0.0439. The van der Waals surface area contributed by atoms with Crippen molar-refractivity contribution in [1.29, 1.82) is 0 Å². The molecule has 1 aliphatic rings. The molecule has 0 radical (unpaired) electrons. The highest BCUT2D eigenvalue weighted by molar-refractivity contribution is 6.37. The van der Waals surface area contributed by atoms with E-state index < -0.39 is 5.79 Å². The number of fused-ring (bicyclic) bond motifs is 1. The fraction of sp³-hybridized carbons (Fsp3) is 0.333. The Bertz CT molecular complexity index is 402. The molecule has 3 nitrogen and oxygen atoms in total. The smallest absolute Gasteiger partial charge is 0.246 e. The van der Waals surface area contributed by atoms with Gasteiger partial charge in [-0.2, -0.15) is 0 Å². The van der Waals surface area contributed by atoms with Crippen LogP contribution in [0.15, 0.2) is 6.07 Å². The summed E-state index contributed by atoms with van der Waals surface area (Å²) in [6.07, 6.45) is 0. The van der Waals surface area contributed by atoms with E-state index in [4.69, 9.17) is 32.7 Å². The van der Waals surface area contributed by atoms with E-state index in [1.54, 1.807) is 13.8 Å². The van der Waals surface area contributed by atoms with Crippen LogP contribution in [-0.2, 0) is 0 Å². The minimum absolute atomic E-state index is 0.142. The molecule has 0 unspecified atom stereocenters. The van der Waals surface area contributed by atoms with E-state index in [1.165, 1.54) is 6.07 Å². The van der Waals surface area contributed by atoms with Gasteiger partial charge in [0.1, 0.15) is 0 Å². The van der Waals surface area contributed by atoms with Crippen LogP contribution in [0.4, 0.5) is 0 Å². The lowest BCUT2D eigenvalue weighted by Gasteiger charge is -2.16. The fourth-order valence-corrected chi connectivity index (χ4v) is 1.76. The summed E-state index contributed by atoms with van der Waals surface area (Å²) < 4.78 is 10.7. The predicted molar refractivity (Wildman–Crippen MR) is 53.5 cm³/mol. The van der Waals surface area contributed by atoms with Crippen LogP contribution in [0.25, 0.3) is 0 Å². The maximum absolute atomic E-state index is 9.58.